The molecule has 1 unspecified atom stereocenters. The van der Waals surface area contributed by atoms with Gasteiger partial charge in [0.25, 0.3) is 0 Å². The maximum atomic E-state index is 12.5. The Morgan fingerprint density at radius 1 is 1.32 bits per heavy atom. The molecule has 1 fully saturated rings. The molecule has 0 aromatic carbocycles. The van der Waals surface area contributed by atoms with Crippen molar-refractivity contribution in [3.05, 3.63) is 0 Å². The van der Waals surface area contributed by atoms with Crippen LogP contribution in [0.2, 0.25) is 0 Å². The van der Waals surface area contributed by atoms with Crippen LogP contribution in [0.3, 0.4) is 0 Å². The quantitative estimate of drug-likeness (QED) is 0.826. The second-order valence-corrected chi connectivity index (χ2v) is 5.06. The SMILES string of the molecule is CCC1CN(C)CCCN1C(=O)N(CC)CC(=O)O. The summed E-state index contributed by atoms with van der Waals surface area (Å²) in [6, 6.07) is 0.0231. The molecule has 0 radical (unpaired) electrons. The summed E-state index contributed by atoms with van der Waals surface area (Å²) in [7, 11) is 2.06. The first-order valence-corrected chi connectivity index (χ1v) is 6.95. The third-order valence-electron chi connectivity index (χ3n) is 3.60. The molecule has 1 rings (SSSR count). The van der Waals surface area contributed by atoms with Crippen molar-refractivity contribution in [2.24, 2.45) is 0 Å². The topological polar surface area (TPSA) is 64.1 Å². The zero-order valence-corrected chi connectivity index (χ0v) is 12.1. The van der Waals surface area contributed by atoms with Crippen LogP contribution >= 0.6 is 0 Å². The van der Waals surface area contributed by atoms with Gasteiger partial charge in [-0.3, -0.25) is 4.79 Å². The van der Waals surface area contributed by atoms with Gasteiger partial charge in [0.1, 0.15) is 6.54 Å². The van der Waals surface area contributed by atoms with Crippen LogP contribution in [0, 0.1) is 0 Å². The predicted octanol–water partition coefficient (Wildman–Crippen LogP) is 0.929. The Labute approximate surface area is 115 Å². The Hall–Kier alpha value is -1.30. The zero-order valence-electron chi connectivity index (χ0n) is 12.1. The van der Waals surface area contributed by atoms with E-state index in [1.165, 1.54) is 4.90 Å². The minimum Gasteiger partial charge on any atom is -0.480 e. The number of aliphatic carboxylic acids is 1. The molecular formula is C13H25N3O3. The highest BCUT2D eigenvalue weighted by Gasteiger charge is 2.29. The van der Waals surface area contributed by atoms with Crippen LogP contribution in [0.25, 0.3) is 0 Å². The minimum atomic E-state index is -0.963. The van der Waals surface area contributed by atoms with Gasteiger partial charge in [-0.25, -0.2) is 4.79 Å². The average molecular weight is 271 g/mol. The van der Waals surface area contributed by atoms with Gasteiger partial charge in [-0.1, -0.05) is 6.92 Å². The van der Waals surface area contributed by atoms with E-state index < -0.39 is 5.97 Å². The first kappa shape index (κ1) is 15.8. The number of hydrogen-bond acceptors (Lipinski definition) is 3. The van der Waals surface area contributed by atoms with E-state index in [4.69, 9.17) is 5.11 Å². The van der Waals surface area contributed by atoms with E-state index in [1.54, 1.807) is 0 Å². The molecule has 0 spiro atoms. The van der Waals surface area contributed by atoms with Crippen LogP contribution in [-0.4, -0.2) is 77.6 Å². The fraction of sp³-hybridized carbons (Fsp3) is 0.846. The van der Waals surface area contributed by atoms with Gasteiger partial charge in [-0.15, -0.1) is 0 Å². The standard InChI is InChI=1S/C13H25N3O3/c1-4-11-9-14(3)7-6-8-16(11)13(19)15(5-2)10-12(17)18/h11H,4-10H2,1-3H3,(H,17,18). The molecule has 110 valence electrons. The summed E-state index contributed by atoms with van der Waals surface area (Å²) in [6.07, 6.45) is 1.82. The van der Waals surface area contributed by atoms with Gasteiger partial charge in [0.15, 0.2) is 0 Å². The molecule has 0 aliphatic carbocycles. The van der Waals surface area contributed by atoms with E-state index in [2.05, 4.69) is 18.9 Å². The lowest BCUT2D eigenvalue weighted by Crippen LogP contribution is -2.51. The number of carbonyl (C=O) groups is 2. The minimum absolute atomic E-state index is 0.146. The van der Waals surface area contributed by atoms with Crippen molar-refractivity contribution in [2.45, 2.75) is 32.7 Å². The molecule has 0 bridgehead atoms. The number of urea groups is 1. The highest BCUT2D eigenvalue weighted by Crippen LogP contribution is 2.14. The number of carboxylic acid groups (broad SMARTS) is 1. The summed E-state index contributed by atoms with van der Waals surface area (Å²) < 4.78 is 0. The number of likely N-dealkylation sites (N-methyl/N-ethyl adjacent to an activating group) is 2. The van der Waals surface area contributed by atoms with E-state index in [9.17, 15) is 9.59 Å². The van der Waals surface area contributed by atoms with Crippen LogP contribution in [-0.2, 0) is 4.79 Å². The average Bonchev–Trinajstić information content (AvgIpc) is 2.56. The maximum absolute atomic E-state index is 12.5. The molecule has 0 saturated carbocycles. The van der Waals surface area contributed by atoms with Crippen LogP contribution in [0.1, 0.15) is 26.7 Å². The third-order valence-corrected chi connectivity index (χ3v) is 3.60. The number of rotatable bonds is 4. The second kappa shape index (κ2) is 7.33. The molecule has 1 saturated heterocycles. The van der Waals surface area contributed by atoms with Crippen molar-refractivity contribution in [1.82, 2.24) is 14.7 Å². The molecule has 6 nitrogen and oxygen atoms in total. The first-order chi connectivity index (χ1) is 8.99. The van der Waals surface area contributed by atoms with Gasteiger partial charge < -0.3 is 19.8 Å². The highest BCUT2D eigenvalue weighted by atomic mass is 16.4. The highest BCUT2D eigenvalue weighted by molar-refractivity contribution is 5.80. The number of carboxylic acids is 1. The van der Waals surface area contributed by atoms with Gasteiger partial charge in [-0.05, 0) is 33.4 Å². The molecule has 1 atom stereocenters. The molecule has 0 aromatic rings. The van der Waals surface area contributed by atoms with E-state index in [0.717, 1.165) is 25.9 Å². The summed E-state index contributed by atoms with van der Waals surface area (Å²) in [5.74, 6) is -0.963. The van der Waals surface area contributed by atoms with Crippen LogP contribution in [0.4, 0.5) is 4.79 Å². The largest absolute Gasteiger partial charge is 0.480 e. The third kappa shape index (κ3) is 4.38. The second-order valence-electron chi connectivity index (χ2n) is 5.06. The van der Waals surface area contributed by atoms with E-state index in [1.807, 2.05) is 11.8 Å². The predicted molar refractivity (Wildman–Crippen MR) is 73.2 cm³/mol. The lowest BCUT2D eigenvalue weighted by atomic mass is 10.2. The summed E-state index contributed by atoms with van der Waals surface area (Å²) in [6.45, 7) is 6.62. The van der Waals surface area contributed by atoms with Crippen molar-refractivity contribution >= 4 is 12.0 Å². The van der Waals surface area contributed by atoms with Crippen molar-refractivity contribution in [2.75, 3.05) is 39.8 Å². The Kier molecular flexibility index (Phi) is 6.08. The van der Waals surface area contributed by atoms with Crippen molar-refractivity contribution in [3.8, 4) is 0 Å². The van der Waals surface area contributed by atoms with Gasteiger partial charge in [0.05, 0.1) is 0 Å². The van der Waals surface area contributed by atoms with Crippen molar-refractivity contribution in [1.29, 1.82) is 0 Å². The molecule has 1 aliphatic heterocycles. The van der Waals surface area contributed by atoms with Crippen molar-refractivity contribution in [3.63, 3.8) is 0 Å². The molecular weight excluding hydrogens is 246 g/mol. The summed E-state index contributed by atoms with van der Waals surface area (Å²) in [4.78, 5) is 28.7. The summed E-state index contributed by atoms with van der Waals surface area (Å²) >= 11 is 0. The normalized spacial score (nSPS) is 21.0. The smallest absolute Gasteiger partial charge is 0.323 e. The fourth-order valence-electron chi connectivity index (χ4n) is 2.50. The van der Waals surface area contributed by atoms with Gasteiger partial charge in [-0.2, -0.15) is 0 Å². The molecule has 1 heterocycles. The summed E-state index contributed by atoms with van der Waals surface area (Å²) in [5, 5.41) is 8.86. The Balaban J connectivity index is 2.78. The van der Waals surface area contributed by atoms with E-state index in [0.29, 0.717) is 13.1 Å². The van der Waals surface area contributed by atoms with Crippen LogP contribution in [0.5, 0.6) is 0 Å². The monoisotopic (exact) mass is 271 g/mol. The Morgan fingerprint density at radius 2 is 2.00 bits per heavy atom. The molecule has 6 heteroatoms. The van der Waals surface area contributed by atoms with Crippen molar-refractivity contribution < 1.29 is 14.7 Å². The van der Waals surface area contributed by atoms with Gasteiger partial charge >= 0.3 is 12.0 Å². The molecule has 1 aliphatic rings. The molecule has 19 heavy (non-hydrogen) atoms. The molecule has 2 amide bonds. The van der Waals surface area contributed by atoms with Gasteiger partial charge in [0, 0.05) is 25.7 Å². The van der Waals surface area contributed by atoms with Crippen LogP contribution < -0.4 is 0 Å². The molecule has 0 aromatic heterocycles. The number of amides is 2. The fourth-order valence-corrected chi connectivity index (χ4v) is 2.50. The Bertz CT molecular complexity index is 322. The lowest BCUT2D eigenvalue weighted by molar-refractivity contribution is -0.137. The Morgan fingerprint density at radius 3 is 2.53 bits per heavy atom. The van der Waals surface area contributed by atoms with E-state index in [-0.39, 0.29) is 18.6 Å². The number of hydrogen-bond donors (Lipinski definition) is 1. The van der Waals surface area contributed by atoms with Crippen LogP contribution in [0.15, 0.2) is 0 Å². The molecule has 1 N–H and O–H groups in total. The number of nitrogens with zero attached hydrogens (tertiary/aromatic N) is 3. The van der Waals surface area contributed by atoms with Gasteiger partial charge in [0.2, 0.25) is 0 Å². The maximum Gasteiger partial charge on any atom is 0.323 e. The summed E-state index contributed by atoms with van der Waals surface area (Å²) in [5.41, 5.74) is 0. The zero-order chi connectivity index (χ0) is 14.4. The first-order valence-electron chi connectivity index (χ1n) is 6.95. The number of carbonyl (C=O) groups excluding carboxylic acids is 1. The lowest BCUT2D eigenvalue weighted by Gasteiger charge is -2.34. The van der Waals surface area contributed by atoms with E-state index >= 15 is 0 Å².